The van der Waals surface area contributed by atoms with Crippen LogP contribution in [0, 0.1) is 0 Å². The summed E-state index contributed by atoms with van der Waals surface area (Å²) in [7, 11) is -2.20. The zero-order chi connectivity index (χ0) is 20.7. The van der Waals surface area contributed by atoms with Gasteiger partial charge in [0.1, 0.15) is 11.8 Å². The molecule has 2 rings (SSSR count). The van der Waals surface area contributed by atoms with Crippen LogP contribution >= 0.6 is 11.6 Å². The van der Waals surface area contributed by atoms with Crippen LogP contribution in [0.4, 0.5) is 5.69 Å². The highest BCUT2D eigenvalue weighted by atomic mass is 35.5. The van der Waals surface area contributed by atoms with Crippen molar-refractivity contribution in [3.63, 3.8) is 0 Å². The van der Waals surface area contributed by atoms with Crippen molar-refractivity contribution in [3.8, 4) is 5.75 Å². The van der Waals surface area contributed by atoms with Gasteiger partial charge in [-0.25, -0.2) is 8.42 Å². The monoisotopic (exact) mass is 430 g/mol. The minimum atomic E-state index is -3.69. The molecule has 1 aromatic carbocycles. The third-order valence-corrected chi connectivity index (χ3v) is 6.65. The molecule has 0 saturated heterocycles. The molecule has 0 aliphatic heterocycles. The van der Waals surface area contributed by atoms with Gasteiger partial charge in [0.2, 0.25) is 15.9 Å². The van der Waals surface area contributed by atoms with E-state index in [1.54, 1.807) is 12.1 Å². The van der Waals surface area contributed by atoms with Crippen molar-refractivity contribution in [1.29, 1.82) is 0 Å². The number of benzene rings is 1. The fourth-order valence-electron chi connectivity index (χ4n) is 3.75. The van der Waals surface area contributed by atoms with Crippen molar-refractivity contribution < 1.29 is 17.9 Å². The maximum absolute atomic E-state index is 13.0. The van der Waals surface area contributed by atoms with Gasteiger partial charge in [0.25, 0.3) is 0 Å². The number of nitrogens with one attached hydrogen (secondary N) is 1. The quantitative estimate of drug-likeness (QED) is 0.705. The summed E-state index contributed by atoms with van der Waals surface area (Å²) in [5.74, 6) is 0.191. The predicted molar refractivity (Wildman–Crippen MR) is 114 cm³/mol. The summed E-state index contributed by atoms with van der Waals surface area (Å²) >= 11 is 6.19. The highest BCUT2D eigenvalue weighted by Gasteiger charge is 2.32. The van der Waals surface area contributed by atoms with E-state index in [-0.39, 0.29) is 11.9 Å². The largest absolute Gasteiger partial charge is 0.495 e. The van der Waals surface area contributed by atoms with Gasteiger partial charge in [0, 0.05) is 6.04 Å². The summed E-state index contributed by atoms with van der Waals surface area (Å²) < 4.78 is 31.4. The fraction of sp³-hybridized carbons (Fsp3) is 0.650. The van der Waals surface area contributed by atoms with Gasteiger partial charge in [0.05, 0.1) is 24.1 Å². The van der Waals surface area contributed by atoms with Crippen molar-refractivity contribution in [2.75, 3.05) is 17.7 Å². The van der Waals surface area contributed by atoms with Crippen molar-refractivity contribution in [3.05, 3.63) is 23.2 Å². The van der Waals surface area contributed by atoms with Crippen LogP contribution in [0.1, 0.15) is 58.3 Å². The summed E-state index contributed by atoms with van der Waals surface area (Å²) in [6.45, 7) is 1.81. The first-order valence-electron chi connectivity index (χ1n) is 9.91. The standard InChI is InChI=1S/C20H31ClN2O4S/c1-4-18(20(24)22-15-10-8-6-5-7-9-11-15)23(28(3,25)26)16-12-13-19(27-2)17(21)14-16/h12-15,18H,4-11H2,1-3H3,(H,22,24)/t18-/m1/s1. The molecule has 1 aliphatic carbocycles. The Labute approximate surface area is 173 Å². The Hall–Kier alpha value is -1.47. The number of hydrogen-bond donors (Lipinski definition) is 1. The van der Waals surface area contributed by atoms with Gasteiger partial charge in [-0.05, 0) is 37.5 Å². The number of sulfonamides is 1. The number of methoxy groups -OCH3 is 1. The lowest BCUT2D eigenvalue weighted by atomic mass is 9.96. The molecule has 0 heterocycles. The summed E-state index contributed by atoms with van der Waals surface area (Å²) in [4.78, 5) is 13.0. The molecule has 0 spiro atoms. The first kappa shape index (κ1) is 22.8. The van der Waals surface area contributed by atoms with E-state index in [1.165, 1.54) is 32.4 Å². The summed E-state index contributed by atoms with van der Waals surface area (Å²) in [6, 6.07) is 4.01. The SMILES string of the molecule is CC[C@H](C(=O)NC1CCCCCCC1)N(c1ccc(OC)c(Cl)c1)S(C)(=O)=O. The number of hydrogen-bond acceptors (Lipinski definition) is 4. The van der Waals surface area contributed by atoms with Gasteiger partial charge in [-0.1, -0.05) is 50.6 Å². The number of ether oxygens (including phenoxy) is 1. The van der Waals surface area contributed by atoms with E-state index in [0.29, 0.717) is 22.9 Å². The Kier molecular flexibility index (Phi) is 8.43. The molecule has 1 saturated carbocycles. The number of carbonyl (C=O) groups is 1. The molecule has 0 unspecified atom stereocenters. The van der Waals surface area contributed by atoms with E-state index in [1.807, 2.05) is 6.92 Å². The maximum atomic E-state index is 13.0. The number of amides is 1. The topological polar surface area (TPSA) is 75.7 Å². The van der Waals surface area contributed by atoms with E-state index in [4.69, 9.17) is 16.3 Å². The Morgan fingerprint density at radius 3 is 2.36 bits per heavy atom. The molecule has 1 aromatic rings. The van der Waals surface area contributed by atoms with Crippen LogP contribution in [-0.2, 0) is 14.8 Å². The van der Waals surface area contributed by atoms with Crippen molar-refractivity contribution in [2.24, 2.45) is 0 Å². The first-order valence-corrected chi connectivity index (χ1v) is 12.1. The van der Waals surface area contributed by atoms with Crippen molar-refractivity contribution >= 4 is 33.2 Å². The minimum Gasteiger partial charge on any atom is -0.495 e. The average molecular weight is 431 g/mol. The zero-order valence-electron chi connectivity index (χ0n) is 16.9. The molecule has 1 atom stereocenters. The molecule has 1 N–H and O–H groups in total. The van der Waals surface area contributed by atoms with Gasteiger partial charge in [-0.3, -0.25) is 9.10 Å². The summed E-state index contributed by atoms with van der Waals surface area (Å²) in [6.07, 6.45) is 9.14. The molecule has 1 fully saturated rings. The van der Waals surface area contributed by atoms with Gasteiger partial charge in [0.15, 0.2) is 0 Å². The zero-order valence-corrected chi connectivity index (χ0v) is 18.5. The molecule has 158 valence electrons. The van der Waals surface area contributed by atoms with Gasteiger partial charge in [-0.2, -0.15) is 0 Å². The predicted octanol–water partition coefficient (Wildman–Crippen LogP) is 4.12. The average Bonchev–Trinajstić information content (AvgIpc) is 2.60. The Morgan fingerprint density at radius 2 is 1.86 bits per heavy atom. The van der Waals surface area contributed by atoms with Crippen LogP contribution in [0.15, 0.2) is 18.2 Å². The van der Waals surface area contributed by atoms with Crippen LogP contribution < -0.4 is 14.4 Å². The molecule has 28 heavy (non-hydrogen) atoms. The number of rotatable bonds is 7. The molecule has 0 radical (unpaired) electrons. The van der Waals surface area contributed by atoms with Crippen LogP contribution in [0.5, 0.6) is 5.75 Å². The van der Waals surface area contributed by atoms with E-state index in [0.717, 1.165) is 36.2 Å². The van der Waals surface area contributed by atoms with E-state index < -0.39 is 16.1 Å². The minimum absolute atomic E-state index is 0.0997. The van der Waals surface area contributed by atoms with Gasteiger partial charge < -0.3 is 10.1 Å². The lowest BCUT2D eigenvalue weighted by molar-refractivity contribution is -0.123. The number of carbonyl (C=O) groups excluding carboxylic acids is 1. The Bertz CT molecular complexity index is 761. The molecular formula is C20H31ClN2O4S. The van der Waals surface area contributed by atoms with Crippen molar-refractivity contribution in [2.45, 2.75) is 70.4 Å². The molecule has 0 bridgehead atoms. The third-order valence-electron chi connectivity index (χ3n) is 5.17. The number of anilines is 1. The second-order valence-corrected chi connectivity index (χ2v) is 9.62. The normalized spacial score (nSPS) is 17.3. The van der Waals surface area contributed by atoms with Gasteiger partial charge >= 0.3 is 0 Å². The molecular weight excluding hydrogens is 400 g/mol. The Morgan fingerprint density at radius 1 is 1.25 bits per heavy atom. The second kappa shape index (κ2) is 10.3. The van der Waals surface area contributed by atoms with E-state index >= 15 is 0 Å². The smallest absolute Gasteiger partial charge is 0.244 e. The summed E-state index contributed by atoms with van der Waals surface area (Å²) in [5.41, 5.74) is 0.355. The summed E-state index contributed by atoms with van der Waals surface area (Å²) in [5, 5.41) is 3.39. The van der Waals surface area contributed by atoms with Crippen LogP contribution in [0.3, 0.4) is 0 Å². The molecule has 6 nitrogen and oxygen atoms in total. The second-order valence-electron chi connectivity index (χ2n) is 7.35. The first-order chi connectivity index (χ1) is 13.3. The molecule has 0 aromatic heterocycles. The maximum Gasteiger partial charge on any atom is 0.244 e. The fourth-order valence-corrected chi connectivity index (χ4v) is 5.21. The van der Waals surface area contributed by atoms with E-state index in [2.05, 4.69) is 5.32 Å². The number of nitrogens with zero attached hydrogens (tertiary/aromatic N) is 1. The van der Waals surface area contributed by atoms with Crippen LogP contribution in [-0.4, -0.2) is 39.8 Å². The highest BCUT2D eigenvalue weighted by Crippen LogP contribution is 2.32. The van der Waals surface area contributed by atoms with Crippen LogP contribution in [0.25, 0.3) is 0 Å². The van der Waals surface area contributed by atoms with Gasteiger partial charge in [-0.15, -0.1) is 0 Å². The molecule has 1 amide bonds. The third kappa shape index (κ3) is 6.01. The lowest BCUT2D eigenvalue weighted by Crippen LogP contribution is -2.51. The molecule has 1 aliphatic rings. The van der Waals surface area contributed by atoms with E-state index in [9.17, 15) is 13.2 Å². The Balaban J connectivity index is 2.27. The lowest BCUT2D eigenvalue weighted by Gasteiger charge is -2.32. The number of halogens is 1. The van der Waals surface area contributed by atoms with Crippen molar-refractivity contribution in [1.82, 2.24) is 5.32 Å². The van der Waals surface area contributed by atoms with Crippen LogP contribution in [0.2, 0.25) is 5.02 Å². The highest BCUT2D eigenvalue weighted by molar-refractivity contribution is 7.92. The molecule has 8 heteroatoms.